The molecule has 0 aromatic heterocycles. The third kappa shape index (κ3) is 2.99. The van der Waals surface area contributed by atoms with Gasteiger partial charge < -0.3 is 10.6 Å². The summed E-state index contributed by atoms with van der Waals surface area (Å²) in [6.07, 6.45) is 0.323. The number of anilines is 2. The molecule has 1 amide bonds. The maximum atomic E-state index is 11.3. The molecule has 0 atom stereocenters. The molecule has 0 fully saturated rings. The monoisotopic (exact) mass is 203 g/mol. The van der Waals surface area contributed by atoms with Crippen LogP contribution >= 0.6 is 0 Å². The standard InChI is InChI=1S/C11H13N3O/c1-9(15)14(8-2-7-12)11-5-3-10(13)4-6-11/h3-6H,2,8,13H2,1H3. The molecular weight excluding hydrogens is 190 g/mol. The van der Waals surface area contributed by atoms with Crippen LogP contribution in [0.2, 0.25) is 0 Å². The average molecular weight is 203 g/mol. The van der Waals surface area contributed by atoms with Gasteiger partial charge in [0.15, 0.2) is 0 Å². The number of carbonyl (C=O) groups is 1. The second-order valence-corrected chi connectivity index (χ2v) is 3.17. The first-order valence-corrected chi connectivity index (χ1v) is 4.65. The summed E-state index contributed by atoms with van der Waals surface area (Å²) in [5.74, 6) is -0.0741. The number of nitrogen functional groups attached to an aromatic ring is 1. The molecule has 0 heterocycles. The lowest BCUT2D eigenvalue weighted by molar-refractivity contribution is -0.116. The van der Waals surface area contributed by atoms with Crippen molar-refractivity contribution in [1.82, 2.24) is 0 Å². The van der Waals surface area contributed by atoms with Gasteiger partial charge >= 0.3 is 0 Å². The summed E-state index contributed by atoms with van der Waals surface area (Å²) in [5.41, 5.74) is 6.97. The zero-order chi connectivity index (χ0) is 11.3. The van der Waals surface area contributed by atoms with Crippen molar-refractivity contribution in [1.29, 1.82) is 5.26 Å². The molecule has 0 aliphatic heterocycles. The highest BCUT2D eigenvalue weighted by Crippen LogP contribution is 2.16. The molecule has 0 saturated carbocycles. The maximum Gasteiger partial charge on any atom is 0.223 e. The first-order valence-electron chi connectivity index (χ1n) is 4.65. The zero-order valence-corrected chi connectivity index (χ0v) is 8.60. The number of carbonyl (C=O) groups excluding carboxylic acids is 1. The largest absolute Gasteiger partial charge is 0.399 e. The lowest BCUT2D eigenvalue weighted by Crippen LogP contribution is -2.29. The Labute approximate surface area is 88.9 Å². The lowest BCUT2D eigenvalue weighted by atomic mass is 10.2. The van der Waals surface area contributed by atoms with Crippen molar-refractivity contribution < 1.29 is 4.79 Å². The first kappa shape index (κ1) is 11.1. The van der Waals surface area contributed by atoms with Gasteiger partial charge in [-0.25, -0.2) is 0 Å². The minimum absolute atomic E-state index is 0.0741. The molecule has 4 nitrogen and oxygen atoms in total. The Balaban J connectivity index is 2.85. The minimum atomic E-state index is -0.0741. The SMILES string of the molecule is CC(=O)N(CCC#N)c1ccc(N)cc1. The van der Waals surface area contributed by atoms with E-state index in [-0.39, 0.29) is 5.91 Å². The molecule has 4 heteroatoms. The van der Waals surface area contributed by atoms with Crippen molar-refractivity contribution in [3.05, 3.63) is 24.3 Å². The molecule has 1 rings (SSSR count). The average Bonchev–Trinajstić information content (AvgIpc) is 2.21. The number of benzene rings is 1. The van der Waals surface area contributed by atoms with E-state index in [1.54, 1.807) is 29.2 Å². The van der Waals surface area contributed by atoms with Gasteiger partial charge in [-0.1, -0.05) is 0 Å². The van der Waals surface area contributed by atoms with Crippen molar-refractivity contribution >= 4 is 17.3 Å². The van der Waals surface area contributed by atoms with E-state index in [1.165, 1.54) is 6.92 Å². The highest BCUT2D eigenvalue weighted by Gasteiger charge is 2.09. The summed E-state index contributed by atoms with van der Waals surface area (Å²) in [6, 6.07) is 9.03. The number of hydrogen-bond donors (Lipinski definition) is 1. The van der Waals surface area contributed by atoms with Gasteiger partial charge in [0.25, 0.3) is 0 Å². The van der Waals surface area contributed by atoms with Gasteiger partial charge in [0.2, 0.25) is 5.91 Å². The molecule has 15 heavy (non-hydrogen) atoms. The smallest absolute Gasteiger partial charge is 0.223 e. The molecule has 1 aromatic rings. The number of rotatable bonds is 3. The van der Waals surface area contributed by atoms with Crippen molar-refractivity contribution in [2.75, 3.05) is 17.2 Å². The third-order valence-electron chi connectivity index (χ3n) is 2.03. The molecule has 1 aromatic carbocycles. The number of nitrogens with zero attached hydrogens (tertiary/aromatic N) is 2. The molecule has 0 bridgehead atoms. The summed E-state index contributed by atoms with van der Waals surface area (Å²) < 4.78 is 0. The topological polar surface area (TPSA) is 70.1 Å². The summed E-state index contributed by atoms with van der Waals surface area (Å²) in [5, 5.41) is 8.48. The Kier molecular flexibility index (Phi) is 3.69. The van der Waals surface area contributed by atoms with Crippen molar-refractivity contribution in [3.8, 4) is 6.07 Å². The molecular formula is C11H13N3O. The Morgan fingerprint density at radius 2 is 2.07 bits per heavy atom. The van der Waals surface area contributed by atoms with Crippen LogP contribution in [0.5, 0.6) is 0 Å². The zero-order valence-electron chi connectivity index (χ0n) is 8.60. The predicted molar refractivity (Wildman–Crippen MR) is 59.1 cm³/mol. The van der Waals surface area contributed by atoms with E-state index < -0.39 is 0 Å². The van der Waals surface area contributed by atoms with E-state index in [4.69, 9.17) is 11.0 Å². The quantitative estimate of drug-likeness (QED) is 0.757. The Morgan fingerprint density at radius 1 is 1.47 bits per heavy atom. The summed E-state index contributed by atoms with van der Waals surface area (Å²) in [6.45, 7) is 1.89. The fourth-order valence-corrected chi connectivity index (χ4v) is 1.28. The van der Waals surface area contributed by atoms with Gasteiger partial charge in [0.05, 0.1) is 12.5 Å². The van der Waals surface area contributed by atoms with E-state index in [9.17, 15) is 4.79 Å². The van der Waals surface area contributed by atoms with Crippen molar-refractivity contribution in [3.63, 3.8) is 0 Å². The number of nitriles is 1. The van der Waals surface area contributed by atoms with Gasteiger partial charge in [-0.05, 0) is 24.3 Å². The van der Waals surface area contributed by atoms with E-state index >= 15 is 0 Å². The fraction of sp³-hybridized carbons (Fsp3) is 0.273. The predicted octanol–water partition coefficient (Wildman–Crippen LogP) is 1.54. The molecule has 0 aliphatic carbocycles. The van der Waals surface area contributed by atoms with Crippen LogP contribution in [0.4, 0.5) is 11.4 Å². The molecule has 0 saturated heterocycles. The van der Waals surface area contributed by atoms with E-state index in [0.717, 1.165) is 5.69 Å². The van der Waals surface area contributed by atoms with E-state index in [0.29, 0.717) is 18.7 Å². The Morgan fingerprint density at radius 3 is 2.53 bits per heavy atom. The lowest BCUT2D eigenvalue weighted by Gasteiger charge is -2.19. The summed E-state index contributed by atoms with van der Waals surface area (Å²) in [7, 11) is 0. The van der Waals surface area contributed by atoms with Crippen LogP contribution < -0.4 is 10.6 Å². The van der Waals surface area contributed by atoms with Crippen LogP contribution in [-0.2, 0) is 4.79 Å². The molecule has 78 valence electrons. The molecule has 0 aliphatic rings. The van der Waals surface area contributed by atoms with Crippen molar-refractivity contribution in [2.45, 2.75) is 13.3 Å². The second-order valence-electron chi connectivity index (χ2n) is 3.17. The minimum Gasteiger partial charge on any atom is -0.399 e. The molecule has 0 radical (unpaired) electrons. The third-order valence-corrected chi connectivity index (χ3v) is 2.03. The highest BCUT2D eigenvalue weighted by molar-refractivity contribution is 5.91. The summed E-state index contributed by atoms with van der Waals surface area (Å²) >= 11 is 0. The number of amides is 1. The van der Waals surface area contributed by atoms with E-state index in [2.05, 4.69) is 0 Å². The highest BCUT2D eigenvalue weighted by atomic mass is 16.2. The van der Waals surface area contributed by atoms with Gasteiger partial charge in [0, 0.05) is 24.8 Å². The van der Waals surface area contributed by atoms with Crippen LogP contribution in [0, 0.1) is 11.3 Å². The normalized spacial score (nSPS) is 9.33. The van der Waals surface area contributed by atoms with E-state index in [1.807, 2.05) is 6.07 Å². The molecule has 2 N–H and O–H groups in total. The van der Waals surface area contributed by atoms with Crippen LogP contribution in [0.15, 0.2) is 24.3 Å². The van der Waals surface area contributed by atoms with Crippen LogP contribution in [0.3, 0.4) is 0 Å². The second kappa shape index (κ2) is 5.01. The number of hydrogen-bond acceptors (Lipinski definition) is 3. The number of nitrogens with two attached hydrogens (primary N) is 1. The van der Waals surface area contributed by atoms with Gasteiger partial charge in [-0.2, -0.15) is 5.26 Å². The Hall–Kier alpha value is -2.02. The van der Waals surface area contributed by atoms with Gasteiger partial charge in [-0.15, -0.1) is 0 Å². The van der Waals surface area contributed by atoms with Gasteiger partial charge in [0.1, 0.15) is 0 Å². The van der Waals surface area contributed by atoms with Crippen molar-refractivity contribution in [2.24, 2.45) is 0 Å². The van der Waals surface area contributed by atoms with Crippen LogP contribution in [-0.4, -0.2) is 12.5 Å². The van der Waals surface area contributed by atoms with Crippen LogP contribution in [0.1, 0.15) is 13.3 Å². The fourth-order valence-electron chi connectivity index (χ4n) is 1.28. The molecule has 0 unspecified atom stereocenters. The molecule has 0 spiro atoms. The van der Waals surface area contributed by atoms with Gasteiger partial charge in [-0.3, -0.25) is 4.79 Å². The summed E-state index contributed by atoms with van der Waals surface area (Å²) in [4.78, 5) is 12.9. The maximum absolute atomic E-state index is 11.3. The first-order chi connectivity index (χ1) is 7.15. The Bertz CT molecular complexity index is 378. The van der Waals surface area contributed by atoms with Crippen LogP contribution in [0.25, 0.3) is 0 Å².